The molecule has 0 saturated carbocycles. The molecule has 3 rings (SSSR count). The van der Waals surface area contributed by atoms with Crippen molar-refractivity contribution in [1.29, 1.82) is 5.26 Å². The van der Waals surface area contributed by atoms with Gasteiger partial charge in [0, 0.05) is 50.9 Å². The van der Waals surface area contributed by atoms with E-state index in [9.17, 15) is 14.9 Å². The summed E-state index contributed by atoms with van der Waals surface area (Å²) in [4.78, 5) is 31.3. The molecule has 0 spiro atoms. The molecule has 2 amide bonds. The van der Waals surface area contributed by atoms with Crippen LogP contribution in [0.25, 0.3) is 0 Å². The van der Waals surface area contributed by atoms with E-state index < -0.39 is 0 Å². The lowest BCUT2D eigenvalue weighted by Gasteiger charge is -2.38. The van der Waals surface area contributed by atoms with Crippen molar-refractivity contribution in [1.82, 2.24) is 9.80 Å². The SMILES string of the molecule is COc1ccc(N2CC(C(=O)N3CCN(C(C#N)C(C)C)CC3)CC2=O)cc1OC. The summed E-state index contributed by atoms with van der Waals surface area (Å²) in [5, 5.41) is 9.40. The van der Waals surface area contributed by atoms with Crippen LogP contribution in [-0.4, -0.2) is 74.6 Å². The zero-order valence-corrected chi connectivity index (χ0v) is 18.1. The van der Waals surface area contributed by atoms with Crippen LogP contribution < -0.4 is 14.4 Å². The number of rotatable bonds is 6. The van der Waals surface area contributed by atoms with Crippen molar-refractivity contribution in [2.75, 3.05) is 51.8 Å². The summed E-state index contributed by atoms with van der Waals surface area (Å²) in [5.74, 6) is 0.989. The molecule has 0 aliphatic carbocycles. The summed E-state index contributed by atoms with van der Waals surface area (Å²) in [6.07, 6.45) is 0.209. The molecule has 2 heterocycles. The summed E-state index contributed by atoms with van der Waals surface area (Å²) in [5.41, 5.74) is 0.701. The van der Waals surface area contributed by atoms with Crippen LogP contribution in [-0.2, 0) is 9.59 Å². The normalized spacial score (nSPS) is 20.9. The van der Waals surface area contributed by atoms with Crippen LogP contribution in [0, 0.1) is 23.2 Å². The number of ether oxygens (including phenoxy) is 2. The molecule has 8 heteroatoms. The van der Waals surface area contributed by atoms with Crippen LogP contribution in [0.4, 0.5) is 5.69 Å². The van der Waals surface area contributed by atoms with Gasteiger partial charge in [-0.15, -0.1) is 0 Å². The third-order valence-electron chi connectivity index (χ3n) is 5.94. The number of nitriles is 1. The molecule has 2 saturated heterocycles. The molecule has 1 aromatic rings. The topological polar surface area (TPSA) is 86.1 Å². The molecule has 2 aliphatic heterocycles. The molecule has 0 N–H and O–H groups in total. The van der Waals surface area contributed by atoms with E-state index in [-0.39, 0.29) is 36.1 Å². The second kappa shape index (κ2) is 9.35. The second-order valence-electron chi connectivity index (χ2n) is 8.12. The number of anilines is 1. The van der Waals surface area contributed by atoms with Crippen molar-refractivity contribution in [3.8, 4) is 17.6 Å². The van der Waals surface area contributed by atoms with Gasteiger partial charge in [-0.2, -0.15) is 5.26 Å². The fourth-order valence-electron chi connectivity index (χ4n) is 4.25. The summed E-state index contributed by atoms with van der Waals surface area (Å²) in [6, 6.07) is 7.57. The average molecular weight is 415 g/mol. The van der Waals surface area contributed by atoms with Crippen LogP contribution in [0.15, 0.2) is 18.2 Å². The molecular weight excluding hydrogens is 384 g/mol. The molecule has 30 heavy (non-hydrogen) atoms. The number of hydrogen-bond acceptors (Lipinski definition) is 6. The maximum absolute atomic E-state index is 13.0. The zero-order valence-electron chi connectivity index (χ0n) is 18.1. The van der Waals surface area contributed by atoms with Gasteiger partial charge >= 0.3 is 0 Å². The van der Waals surface area contributed by atoms with E-state index >= 15 is 0 Å². The quantitative estimate of drug-likeness (QED) is 0.705. The summed E-state index contributed by atoms with van der Waals surface area (Å²) < 4.78 is 10.6. The van der Waals surface area contributed by atoms with Crippen molar-refractivity contribution in [2.24, 2.45) is 11.8 Å². The van der Waals surface area contributed by atoms with Gasteiger partial charge in [-0.05, 0) is 18.1 Å². The minimum absolute atomic E-state index is 0.0176. The molecule has 162 valence electrons. The van der Waals surface area contributed by atoms with Gasteiger partial charge in [0.05, 0.1) is 26.2 Å². The fraction of sp³-hybridized carbons (Fsp3) is 0.591. The number of benzene rings is 1. The second-order valence-corrected chi connectivity index (χ2v) is 8.12. The molecule has 0 aromatic heterocycles. The first-order valence-electron chi connectivity index (χ1n) is 10.3. The third kappa shape index (κ3) is 4.36. The lowest BCUT2D eigenvalue weighted by Crippen LogP contribution is -2.54. The maximum Gasteiger partial charge on any atom is 0.228 e. The Labute approximate surface area is 177 Å². The Morgan fingerprint density at radius 3 is 2.37 bits per heavy atom. The van der Waals surface area contributed by atoms with E-state index in [0.717, 1.165) is 0 Å². The Bertz CT molecular complexity index is 827. The Balaban J connectivity index is 1.63. The van der Waals surface area contributed by atoms with E-state index in [0.29, 0.717) is 49.9 Å². The third-order valence-corrected chi connectivity index (χ3v) is 5.94. The highest BCUT2D eigenvalue weighted by atomic mass is 16.5. The smallest absolute Gasteiger partial charge is 0.228 e. The minimum atomic E-state index is -0.353. The standard InChI is InChI=1S/C22H30N4O4/c1-15(2)18(13-23)24-7-9-25(10-8-24)22(28)16-11-21(27)26(14-16)17-5-6-19(29-3)20(12-17)30-4/h5-6,12,15-16,18H,7-11,14H2,1-4H3. The Kier molecular flexibility index (Phi) is 6.83. The fourth-order valence-corrected chi connectivity index (χ4v) is 4.25. The molecule has 2 atom stereocenters. The largest absolute Gasteiger partial charge is 0.493 e. The molecule has 2 unspecified atom stereocenters. The molecule has 2 fully saturated rings. The first-order valence-corrected chi connectivity index (χ1v) is 10.3. The number of hydrogen-bond donors (Lipinski definition) is 0. The summed E-state index contributed by atoms with van der Waals surface area (Å²) in [6.45, 7) is 6.98. The van der Waals surface area contributed by atoms with Crippen molar-refractivity contribution in [3.05, 3.63) is 18.2 Å². The van der Waals surface area contributed by atoms with Crippen molar-refractivity contribution < 1.29 is 19.1 Å². The lowest BCUT2D eigenvalue weighted by molar-refractivity contribution is -0.137. The van der Waals surface area contributed by atoms with Gasteiger partial charge in [0.1, 0.15) is 6.04 Å². The predicted octanol–water partition coefficient (Wildman–Crippen LogP) is 1.75. The Morgan fingerprint density at radius 1 is 1.13 bits per heavy atom. The monoisotopic (exact) mass is 414 g/mol. The predicted molar refractivity (Wildman–Crippen MR) is 112 cm³/mol. The van der Waals surface area contributed by atoms with Crippen LogP contribution in [0.1, 0.15) is 20.3 Å². The highest BCUT2D eigenvalue weighted by molar-refractivity contribution is 6.00. The minimum Gasteiger partial charge on any atom is -0.493 e. The van der Waals surface area contributed by atoms with Crippen molar-refractivity contribution in [3.63, 3.8) is 0 Å². The van der Waals surface area contributed by atoms with Gasteiger partial charge in [0.2, 0.25) is 11.8 Å². The molecule has 8 nitrogen and oxygen atoms in total. The summed E-state index contributed by atoms with van der Waals surface area (Å²) in [7, 11) is 3.11. The van der Waals surface area contributed by atoms with Crippen LogP contribution >= 0.6 is 0 Å². The van der Waals surface area contributed by atoms with E-state index in [4.69, 9.17) is 9.47 Å². The van der Waals surface area contributed by atoms with Gasteiger partial charge in [0.15, 0.2) is 11.5 Å². The van der Waals surface area contributed by atoms with Crippen molar-refractivity contribution in [2.45, 2.75) is 26.3 Å². The van der Waals surface area contributed by atoms with Gasteiger partial charge in [-0.3, -0.25) is 14.5 Å². The number of carbonyl (C=O) groups excluding carboxylic acids is 2. The van der Waals surface area contributed by atoms with Crippen molar-refractivity contribution >= 4 is 17.5 Å². The van der Waals surface area contributed by atoms with Gasteiger partial charge < -0.3 is 19.3 Å². The maximum atomic E-state index is 13.0. The molecule has 1 aromatic carbocycles. The number of amides is 2. The Hall–Kier alpha value is -2.79. The van der Waals surface area contributed by atoms with E-state index in [1.165, 1.54) is 0 Å². The molecule has 0 radical (unpaired) electrons. The van der Waals surface area contributed by atoms with E-state index in [2.05, 4.69) is 11.0 Å². The van der Waals surface area contributed by atoms with Crippen LogP contribution in [0.2, 0.25) is 0 Å². The summed E-state index contributed by atoms with van der Waals surface area (Å²) >= 11 is 0. The number of nitrogens with zero attached hydrogens (tertiary/aromatic N) is 4. The van der Waals surface area contributed by atoms with Gasteiger partial charge in [-0.1, -0.05) is 13.8 Å². The average Bonchev–Trinajstić information content (AvgIpc) is 3.15. The van der Waals surface area contributed by atoms with Gasteiger partial charge in [-0.25, -0.2) is 0 Å². The highest BCUT2D eigenvalue weighted by Crippen LogP contribution is 2.34. The van der Waals surface area contributed by atoms with Crippen LogP contribution in [0.3, 0.4) is 0 Å². The number of methoxy groups -OCH3 is 2. The first-order chi connectivity index (χ1) is 14.4. The lowest BCUT2D eigenvalue weighted by atomic mass is 10.0. The van der Waals surface area contributed by atoms with E-state index in [1.54, 1.807) is 37.3 Å². The molecule has 2 aliphatic rings. The highest BCUT2D eigenvalue weighted by Gasteiger charge is 2.38. The number of carbonyl (C=O) groups is 2. The molecule has 0 bridgehead atoms. The van der Waals surface area contributed by atoms with Crippen LogP contribution in [0.5, 0.6) is 11.5 Å². The zero-order chi connectivity index (χ0) is 21.8. The number of piperazine rings is 1. The Morgan fingerprint density at radius 2 is 1.80 bits per heavy atom. The first kappa shape index (κ1) is 21.9. The van der Waals surface area contributed by atoms with E-state index in [1.807, 2.05) is 18.7 Å². The van der Waals surface area contributed by atoms with Gasteiger partial charge in [0.25, 0.3) is 0 Å². The molecular formula is C22H30N4O4.